The number of hydrogen-bond donors (Lipinski definition) is 3. The molecule has 3 N–H and O–H groups in total. The molecule has 0 unspecified atom stereocenters. The molecule has 1 aliphatic heterocycles. The summed E-state index contributed by atoms with van der Waals surface area (Å²) in [7, 11) is -2.35. The number of amides is 2. The van der Waals surface area contributed by atoms with Gasteiger partial charge in [0.15, 0.2) is 0 Å². The molecule has 0 spiro atoms. The lowest BCUT2D eigenvalue weighted by molar-refractivity contribution is 0.0272. The summed E-state index contributed by atoms with van der Waals surface area (Å²) in [6, 6.07) is -0.494. The van der Waals surface area contributed by atoms with Gasteiger partial charge in [-0.15, -0.1) is 15.0 Å². The number of nitrogens with one attached hydrogen (secondary N) is 3. The predicted molar refractivity (Wildman–Crippen MR) is 70.7 cm³/mol. The quantitative estimate of drug-likeness (QED) is 0.595. The summed E-state index contributed by atoms with van der Waals surface area (Å²) in [6.45, 7) is 1.84. The van der Waals surface area contributed by atoms with Gasteiger partial charge in [0.2, 0.25) is 5.13 Å². The SMILES string of the molecule is CNC(=O)Nc1nnc(S(=O)(=O)NN2CCOCC2)s1. The number of hydrazine groups is 1. The molecule has 1 fully saturated rings. The van der Waals surface area contributed by atoms with Crippen molar-refractivity contribution >= 4 is 32.5 Å². The maximum absolute atomic E-state index is 12.1. The fraction of sp³-hybridized carbons (Fsp3) is 0.625. The average Bonchev–Trinajstić information content (AvgIpc) is 2.88. The Labute approximate surface area is 119 Å². The van der Waals surface area contributed by atoms with E-state index in [9.17, 15) is 13.2 Å². The van der Waals surface area contributed by atoms with Crippen molar-refractivity contribution in [2.75, 3.05) is 38.7 Å². The molecule has 112 valence electrons. The summed E-state index contributed by atoms with van der Waals surface area (Å²) >= 11 is 0.770. The topological polar surface area (TPSA) is 126 Å². The first kappa shape index (κ1) is 15.1. The van der Waals surface area contributed by atoms with Crippen LogP contribution in [0.15, 0.2) is 4.34 Å². The van der Waals surface area contributed by atoms with Crippen molar-refractivity contribution < 1.29 is 17.9 Å². The molecular weight excluding hydrogens is 308 g/mol. The lowest BCUT2D eigenvalue weighted by Crippen LogP contribution is -2.48. The second-order valence-electron chi connectivity index (χ2n) is 3.77. The molecule has 2 heterocycles. The van der Waals surface area contributed by atoms with E-state index in [0.29, 0.717) is 26.3 Å². The Bertz CT molecular complexity index is 567. The molecule has 1 aliphatic rings. The van der Waals surface area contributed by atoms with Gasteiger partial charge in [0.25, 0.3) is 14.4 Å². The van der Waals surface area contributed by atoms with E-state index in [1.165, 1.54) is 12.1 Å². The van der Waals surface area contributed by atoms with Crippen LogP contribution in [0.5, 0.6) is 0 Å². The molecule has 2 rings (SSSR count). The lowest BCUT2D eigenvalue weighted by Gasteiger charge is -2.25. The van der Waals surface area contributed by atoms with Gasteiger partial charge < -0.3 is 10.1 Å². The van der Waals surface area contributed by atoms with Crippen LogP contribution in [0.3, 0.4) is 0 Å². The van der Waals surface area contributed by atoms with E-state index in [1.807, 2.05) is 0 Å². The van der Waals surface area contributed by atoms with Crippen molar-refractivity contribution in [3.63, 3.8) is 0 Å². The molecule has 1 aromatic rings. The Kier molecular flexibility index (Phi) is 4.82. The van der Waals surface area contributed by atoms with E-state index in [2.05, 4.69) is 25.7 Å². The van der Waals surface area contributed by atoms with Gasteiger partial charge in [0, 0.05) is 20.1 Å². The fourth-order valence-corrected chi connectivity index (χ4v) is 3.40. The van der Waals surface area contributed by atoms with E-state index < -0.39 is 16.1 Å². The van der Waals surface area contributed by atoms with E-state index in [-0.39, 0.29) is 9.47 Å². The van der Waals surface area contributed by atoms with Crippen LogP contribution >= 0.6 is 11.3 Å². The minimum absolute atomic E-state index is 0.103. The largest absolute Gasteiger partial charge is 0.379 e. The van der Waals surface area contributed by atoms with Gasteiger partial charge in [-0.1, -0.05) is 11.3 Å². The van der Waals surface area contributed by atoms with Crippen LogP contribution in [-0.4, -0.2) is 63.0 Å². The van der Waals surface area contributed by atoms with Gasteiger partial charge in [0.1, 0.15) is 0 Å². The average molecular weight is 322 g/mol. The Hall–Kier alpha value is -1.34. The number of rotatable bonds is 4. The maximum Gasteiger partial charge on any atom is 0.320 e. The maximum atomic E-state index is 12.1. The highest BCUT2D eigenvalue weighted by Crippen LogP contribution is 2.19. The van der Waals surface area contributed by atoms with Gasteiger partial charge >= 0.3 is 6.03 Å². The second kappa shape index (κ2) is 6.41. The van der Waals surface area contributed by atoms with E-state index in [4.69, 9.17) is 4.74 Å². The van der Waals surface area contributed by atoms with E-state index in [1.54, 1.807) is 0 Å². The number of sulfonamides is 1. The zero-order valence-electron chi connectivity index (χ0n) is 10.6. The number of urea groups is 1. The Morgan fingerprint density at radius 3 is 2.70 bits per heavy atom. The highest BCUT2D eigenvalue weighted by atomic mass is 32.2. The van der Waals surface area contributed by atoms with E-state index in [0.717, 1.165) is 11.3 Å². The minimum atomic E-state index is -3.79. The summed E-state index contributed by atoms with van der Waals surface area (Å²) in [5.41, 5.74) is 0. The first-order valence-electron chi connectivity index (χ1n) is 5.68. The summed E-state index contributed by atoms with van der Waals surface area (Å²) in [6.07, 6.45) is 0. The predicted octanol–water partition coefficient (Wildman–Crippen LogP) is -1.19. The number of morpholine rings is 1. The third-order valence-electron chi connectivity index (χ3n) is 2.34. The van der Waals surface area contributed by atoms with Gasteiger partial charge in [0.05, 0.1) is 13.2 Å². The summed E-state index contributed by atoms with van der Waals surface area (Å²) in [5, 5.41) is 13.5. The molecule has 0 radical (unpaired) electrons. The molecule has 20 heavy (non-hydrogen) atoms. The van der Waals surface area contributed by atoms with Crippen LogP contribution in [-0.2, 0) is 14.8 Å². The Morgan fingerprint density at radius 1 is 1.35 bits per heavy atom. The van der Waals surface area contributed by atoms with E-state index >= 15 is 0 Å². The van der Waals surface area contributed by atoms with Crippen molar-refractivity contribution in [1.29, 1.82) is 0 Å². The lowest BCUT2D eigenvalue weighted by atomic mass is 10.5. The summed E-state index contributed by atoms with van der Waals surface area (Å²) in [5.74, 6) is 0. The number of carbonyl (C=O) groups excluding carboxylic acids is 1. The molecular formula is C8H14N6O4S2. The Balaban J connectivity index is 2.03. The molecule has 0 atom stereocenters. The van der Waals surface area contributed by atoms with Crippen LogP contribution in [0.4, 0.5) is 9.93 Å². The van der Waals surface area contributed by atoms with Gasteiger partial charge in [-0.3, -0.25) is 5.32 Å². The summed E-state index contributed by atoms with van der Waals surface area (Å²) in [4.78, 5) is 13.5. The van der Waals surface area contributed by atoms with Crippen molar-refractivity contribution in [3.8, 4) is 0 Å². The van der Waals surface area contributed by atoms with Crippen LogP contribution in [0.25, 0.3) is 0 Å². The van der Waals surface area contributed by atoms with Crippen molar-refractivity contribution in [1.82, 2.24) is 25.4 Å². The van der Waals surface area contributed by atoms with Crippen molar-refractivity contribution in [2.45, 2.75) is 4.34 Å². The fourth-order valence-electron chi connectivity index (χ4n) is 1.39. The monoisotopic (exact) mass is 322 g/mol. The molecule has 0 bridgehead atoms. The summed E-state index contributed by atoms with van der Waals surface area (Å²) < 4.78 is 29.0. The normalized spacial score (nSPS) is 16.9. The molecule has 10 nitrogen and oxygen atoms in total. The minimum Gasteiger partial charge on any atom is -0.379 e. The first-order valence-corrected chi connectivity index (χ1v) is 7.98. The number of carbonyl (C=O) groups is 1. The van der Waals surface area contributed by atoms with Gasteiger partial charge in [-0.05, 0) is 0 Å². The molecule has 0 saturated carbocycles. The van der Waals surface area contributed by atoms with Crippen LogP contribution < -0.4 is 15.5 Å². The third kappa shape index (κ3) is 3.83. The van der Waals surface area contributed by atoms with Crippen LogP contribution in [0, 0.1) is 0 Å². The molecule has 1 saturated heterocycles. The smallest absolute Gasteiger partial charge is 0.320 e. The number of nitrogens with zero attached hydrogens (tertiary/aromatic N) is 3. The number of hydrogen-bond acceptors (Lipinski definition) is 8. The second-order valence-corrected chi connectivity index (χ2v) is 6.58. The molecule has 0 aliphatic carbocycles. The first-order chi connectivity index (χ1) is 9.51. The molecule has 1 aromatic heterocycles. The molecule has 0 aromatic carbocycles. The standard InChI is InChI=1S/C8H14N6O4S2/c1-9-6(15)10-7-11-12-8(19-7)20(16,17)13-14-2-4-18-5-3-14/h13H,2-5H2,1H3,(H2,9,10,11,15). The highest BCUT2D eigenvalue weighted by Gasteiger charge is 2.24. The molecule has 2 amide bonds. The number of anilines is 1. The zero-order valence-corrected chi connectivity index (χ0v) is 12.3. The van der Waals surface area contributed by atoms with Crippen molar-refractivity contribution in [2.24, 2.45) is 0 Å². The van der Waals surface area contributed by atoms with Gasteiger partial charge in [-0.25, -0.2) is 18.2 Å². The Morgan fingerprint density at radius 2 is 2.05 bits per heavy atom. The van der Waals surface area contributed by atoms with Crippen LogP contribution in [0.2, 0.25) is 0 Å². The van der Waals surface area contributed by atoms with Crippen LogP contribution in [0.1, 0.15) is 0 Å². The number of ether oxygens (including phenoxy) is 1. The number of aromatic nitrogens is 2. The van der Waals surface area contributed by atoms with Gasteiger partial charge in [-0.2, -0.15) is 0 Å². The van der Waals surface area contributed by atoms with Crippen molar-refractivity contribution in [3.05, 3.63) is 0 Å². The highest BCUT2D eigenvalue weighted by molar-refractivity contribution is 7.91. The molecule has 12 heteroatoms. The zero-order chi connectivity index (χ0) is 14.6. The third-order valence-corrected chi connectivity index (χ3v) is 4.93.